The molecule has 0 atom stereocenters. The average Bonchev–Trinajstić information content (AvgIpc) is 3.41. The molecule has 7 heteroatoms. The van der Waals surface area contributed by atoms with Crippen molar-refractivity contribution in [2.45, 2.75) is 20.4 Å². The molecule has 0 aliphatic heterocycles. The molecule has 0 aliphatic rings. The lowest BCUT2D eigenvalue weighted by molar-refractivity contribution is 0.0481. The maximum absolute atomic E-state index is 12.4. The molecule has 0 saturated carbocycles. The van der Waals surface area contributed by atoms with Crippen LogP contribution in [-0.4, -0.2) is 28.1 Å². The summed E-state index contributed by atoms with van der Waals surface area (Å²) in [6.45, 7) is 4.37. The number of ether oxygens (including phenoxy) is 1. The van der Waals surface area contributed by atoms with Crippen LogP contribution < -0.4 is 0 Å². The van der Waals surface area contributed by atoms with Crippen molar-refractivity contribution in [1.82, 2.24) is 9.78 Å². The number of thiophene rings is 2. The number of aromatic nitrogens is 2. The first-order chi connectivity index (χ1) is 13.5. The highest BCUT2D eigenvalue weighted by Crippen LogP contribution is 2.29. The number of esters is 1. The van der Waals surface area contributed by atoms with Crippen molar-refractivity contribution >= 4 is 44.6 Å². The van der Waals surface area contributed by atoms with Gasteiger partial charge in [0.2, 0.25) is 5.78 Å². The fourth-order valence-electron chi connectivity index (χ4n) is 2.90. The predicted molar refractivity (Wildman–Crippen MR) is 112 cm³/mol. The smallest absolute Gasteiger partial charge is 0.348 e. The van der Waals surface area contributed by atoms with Gasteiger partial charge in [-0.3, -0.25) is 9.48 Å². The van der Waals surface area contributed by atoms with E-state index in [1.165, 1.54) is 28.2 Å². The van der Waals surface area contributed by atoms with Crippen LogP contribution in [0.3, 0.4) is 0 Å². The lowest BCUT2D eigenvalue weighted by Crippen LogP contribution is -2.12. The molecule has 142 valence electrons. The van der Waals surface area contributed by atoms with E-state index in [2.05, 4.69) is 36.3 Å². The number of benzene rings is 1. The summed E-state index contributed by atoms with van der Waals surface area (Å²) >= 11 is 2.68. The van der Waals surface area contributed by atoms with Crippen LogP contribution >= 0.6 is 22.7 Å². The molecule has 0 saturated heterocycles. The second kappa shape index (κ2) is 7.69. The lowest BCUT2D eigenvalue weighted by atomic mass is 10.1. The van der Waals surface area contributed by atoms with Crippen molar-refractivity contribution in [2.24, 2.45) is 0 Å². The van der Waals surface area contributed by atoms with Crippen LogP contribution in [0, 0.1) is 13.8 Å². The first kappa shape index (κ1) is 18.6. The summed E-state index contributed by atoms with van der Waals surface area (Å²) in [6, 6.07) is 13.6. The van der Waals surface area contributed by atoms with Gasteiger partial charge in [-0.1, -0.05) is 35.9 Å². The van der Waals surface area contributed by atoms with E-state index >= 15 is 0 Å². The zero-order chi connectivity index (χ0) is 19.7. The molecule has 3 heterocycles. The molecular weight excluding hydrogens is 392 g/mol. The Kier molecular flexibility index (Phi) is 5.11. The second-order valence-electron chi connectivity index (χ2n) is 6.53. The highest BCUT2D eigenvalue weighted by Gasteiger charge is 2.19. The van der Waals surface area contributed by atoms with Crippen LogP contribution in [0.4, 0.5) is 0 Å². The van der Waals surface area contributed by atoms with Crippen molar-refractivity contribution in [3.8, 4) is 0 Å². The van der Waals surface area contributed by atoms with E-state index in [0.29, 0.717) is 16.3 Å². The summed E-state index contributed by atoms with van der Waals surface area (Å²) in [4.78, 5) is 26.4. The van der Waals surface area contributed by atoms with Gasteiger partial charge < -0.3 is 4.74 Å². The number of Topliss-reactive ketones (excluding diaryl/α,β-unsaturated/α-hetero) is 1. The minimum atomic E-state index is -0.479. The molecule has 0 amide bonds. The Morgan fingerprint density at radius 3 is 2.61 bits per heavy atom. The number of hydrogen-bond acceptors (Lipinski definition) is 6. The monoisotopic (exact) mass is 410 g/mol. The van der Waals surface area contributed by atoms with Crippen molar-refractivity contribution in [2.75, 3.05) is 6.61 Å². The van der Waals surface area contributed by atoms with Crippen LogP contribution in [-0.2, 0) is 11.3 Å². The van der Waals surface area contributed by atoms with E-state index in [0.717, 1.165) is 21.5 Å². The van der Waals surface area contributed by atoms with Crippen molar-refractivity contribution in [1.29, 1.82) is 0 Å². The number of carbonyl (C=O) groups excluding carboxylic acids is 2. The minimum absolute atomic E-state index is 0.189. The number of rotatable bonds is 6. The highest BCUT2D eigenvalue weighted by atomic mass is 32.1. The molecule has 4 rings (SSSR count). The molecule has 0 unspecified atom stereocenters. The third kappa shape index (κ3) is 3.76. The van der Waals surface area contributed by atoms with Crippen LogP contribution in [0.1, 0.15) is 36.2 Å². The van der Waals surface area contributed by atoms with Gasteiger partial charge in [0.25, 0.3) is 0 Å². The zero-order valence-corrected chi connectivity index (χ0v) is 17.1. The van der Waals surface area contributed by atoms with Gasteiger partial charge in [-0.2, -0.15) is 5.10 Å². The minimum Gasteiger partial charge on any atom is -0.453 e. The van der Waals surface area contributed by atoms with Crippen molar-refractivity contribution in [3.05, 3.63) is 74.4 Å². The largest absolute Gasteiger partial charge is 0.453 e. The van der Waals surface area contributed by atoms with Crippen LogP contribution in [0.2, 0.25) is 0 Å². The Balaban J connectivity index is 1.51. The highest BCUT2D eigenvalue weighted by molar-refractivity contribution is 7.20. The van der Waals surface area contributed by atoms with Crippen LogP contribution in [0.5, 0.6) is 0 Å². The predicted octanol–water partition coefficient (Wildman–Crippen LogP) is 4.86. The van der Waals surface area contributed by atoms with Crippen LogP contribution in [0.15, 0.2) is 47.8 Å². The maximum atomic E-state index is 12.4. The number of carbonyl (C=O) groups is 2. The zero-order valence-electron chi connectivity index (χ0n) is 15.5. The SMILES string of the molecule is Cc1ccc(Cn2nc(C)c3cc(C(=O)OCC(=O)c4cccs4)sc32)cc1. The molecule has 1 aromatic carbocycles. The van der Waals surface area contributed by atoms with Crippen molar-refractivity contribution in [3.63, 3.8) is 0 Å². The molecule has 5 nitrogen and oxygen atoms in total. The molecule has 0 fully saturated rings. The summed E-state index contributed by atoms with van der Waals surface area (Å²) in [5.74, 6) is -0.668. The van der Waals surface area contributed by atoms with E-state index in [9.17, 15) is 9.59 Å². The molecule has 0 N–H and O–H groups in total. The second-order valence-corrected chi connectivity index (χ2v) is 8.51. The standard InChI is InChI=1S/C21H18N2O3S2/c1-13-5-7-15(8-6-13)11-23-20-16(14(2)22-23)10-19(28-20)21(25)26-12-17(24)18-4-3-9-27-18/h3-10H,11-12H2,1-2H3. The van der Waals surface area contributed by atoms with Gasteiger partial charge in [-0.05, 0) is 36.9 Å². The topological polar surface area (TPSA) is 61.2 Å². The van der Waals surface area contributed by atoms with Gasteiger partial charge in [-0.25, -0.2) is 4.79 Å². The Bertz CT molecular complexity index is 1140. The Hall–Kier alpha value is -2.77. The maximum Gasteiger partial charge on any atom is 0.348 e. The van der Waals surface area contributed by atoms with Gasteiger partial charge in [0.15, 0.2) is 6.61 Å². The van der Waals surface area contributed by atoms with Gasteiger partial charge >= 0.3 is 5.97 Å². The molecule has 28 heavy (non-hydrogen) atoms. The molecule has 0 aliphatic carbocycles. The fraction of sp³-hybridized carbons (Fsp3) is 0.190. The molecule has 0 radical (unpaired) electrons. The summed E-state index contributed by atoms with van der Waals surface area (Å²) < 4.78 is 7.13. The number of aryl methyl sites for hydroxylation is 2. The normalized spacial score (nSPS) is 11.1. The van der Waals surface area contributed by atoms with Gasteiger partial charge in [0.05, 0.1) is 17.1 Å². The van der Waals surface area contributed by atoms with E-state index in [4.69, 9.17) is 4.74 Å². The van der Waals surface area contributed by atoms with Crippen molar-refractivity contribution < 1.29 is 14.3 Å². The number of fused-ring (bicyclic) bond motifs is 1. The molecule has 0 spiro atoms. The van der Waals surface area contributed by atoms with Gasteiger partial charge in [0, 0.05) is 5.39 Å². The van der Waals surface area contributed by atoms with E-state index in [-0.39, 0.29) is 12.4 Å². The first-order valence-electron chi connectivity index (χ1n) is 8.77. The molecule has 4 aromatic rings. The quantitative estimate of drug-likeness (QED) is 0.336. The number of hydrogen-bond donors (Lipinski definition) is 0. The van der Waals surface area contributed by atoms with E-state index in [1.54, 1.807) is 18.2 Å². The summed E-state index contributed by atoms with van der Waals surface area (Å²) in [6.07, 6.45) is 0. The third-order valence-corrected chi connectivity index (χ3v) is 6.43. The third-order valence-electron chi connectivity index (χ3n) is 4.39. The summed E-state index contributed by atoms with van der Waals surface area (Å²) in [5, 5.41) is 7.36. The van der Waals surface area contributed by atoms with E-state index < -0.39 is 5.97 Å². The number of nitrogens with zero attached hydrogens (tertiary/aromatic N) is 2. The lowest BCUT2D eigenvalue weighted by Gasteiger charge is -2.04. The molecule has 3 aromatic heterocycles. The summed E-state index contributed by atoms with van der Waals surface area (Å²) in [5.41, 5.74) is 3.23. The van der Waals surface area contributed by atoms with E-state index in [1.807, 2.05) is 17.0 Å². The van der Waals surface area contributed by atoms with Crippen LogP contribution in [0.25, 0.3) is 10.2 Å². The average molecular weight is 411 g/mol. The van der Waals surface area contributed by atoms with Gasteiger partial charge in [0.1, 0.15) is 9.71 Å². The summed E-state index contributed by atoms with van der Waals surface area (Å²) in [7, 11) is 0. The molecular formula is C21H18N2O3S2. The fourth-order valence-corrected chi connectivity index (χ4v) is 4.60. The molecule has 0 bridgehead atoms. The Morgan fingerprint density at radius 1 is 1.11 bits per heavy atom. The Labute approximate surface area is 170 Å². The number of ketones is 1. The first-order valence-corrected chi connectivity index (χ1v) is 10.5. The Morgan fingerprint density at radius 2 is 1.89 bits per heavy atom. The van der Waals surface area contributed by atoms with Gasteiger partial charge in [-0.15, -0.1) is 22.7 Å².